The Bertz CT molecular complexity index is 763. The van der Waals surface area contributed by atoms with Crippen LogP contribution in [0.1, 0.15) is 46.0 Å². The SMILES string of the molecule is CC(C)OC(=O)CCC/C=C\C[C@H]1[C@@H](/C=C/[C@H](O)COc2cccc(Cl)c2)[C@@H](O)C[C@@H]1O. The smallest absolute Gasteiger partial charge is 0.306 e. The third-order valence-corrected chi connectivity index (χ3v) is 5.62. The third-order valence-electron chi connectivity index (χ3n) is 5.38. The van der Waals surface area contributed by atoms with Crippen molar-refractivity contribution < 1.29 is 29.6 Å². The molecule has 32 heavy (non-hydrogen) atoms. The third kappa shape index (κ3) is 9.33. The molecule has 0 spiro atoms. The van der Waals surface area contributed by atoms with Crippen molar-refractivity contribution >= 4 is 17.6 Å². The Morgan fingerprint density at radius 2 is 2.03 bits per heavy atom. The first-order valence-electron chi connectivity index (χ1n) is 11.2. The number of aliphatic hydroxyl groups excluding tert-OH is 3. The maximum absolute atomic E-state index is 11.5. The second kappa shape index (κ2) is 13.6. The highest BCUT2D eigenvalue weighted by molar-refractivity contribution is 6.30. The van der Waals surface area contributed by atoms with Crippen molar-refractivity contribution in [2.45, 2.75) is 70.4 Å². The number of allylic oxidation sites excluding steroid dienone is 2. The molecule has 0 amide bonds. The van der Waals surface area contributed by atoms with Gasteiger partial charge in [0.05, 0.1) is 18.3 Å². The molecule has 0 aromatic heterocycles. The lowest BCUT2D eigenvalue weighted by Crippen LogP contribution is -2.21. The fraction of sp³-hybridized carbons (Fsp3) is 0.560. The van der Waals surface area contributed by atoms with Crippen LogP contribution in [0.2, 0.25) is 5.02 Å². The zero-order valence-corrected chi connectivity index (χ0v) is 19.5. The van der Waals surface area contributed by atoms with Crippen LogP contribution in [0, 0.1) is 11.8 Å². The maximum Gasteiger partial charge on any atom is 0.306 e. The quantitative estimate of drug-likeness (QED) is 0.244. The van der Waals surface area contributed by atoms with Gasteiger partial charge in [0, 0.05) is 23.8 Å². The van der Waals surface area contributed by atoms with E-state index in [2.05, 4.69) is 0 Å². The van der Waals surface area contributed by atoms with Crippen LogP contribution in [0.4, 0.5) is 0 Å². The Kier molecular flexibility index (Phi) is 11.2. The Morgan fingerprint density at radius 3 is 2.75 bits per heavy atom. The number of rotatable bonds is 12. The molecule has 1 aromatic carbocycles. The standard InChI is InChI=1S/C25H35ClO6/c1-17(2)32-25(30)11-6-4-3-5-10-21-22(24(29)15-23(21)28)13-12-19(27)16-31-20-9-7-8-18(26)14-20/h3,5,7-9,12-14,17,19,21-24,27-29H,4,6,10-11,15-16H2,1-2H3/b5-3-,13-12+/t19-,21-,22+,23-,24-/m0/s1. The second-order valence-corrected chi connectivity index (χ2v) is 8.91. The molecule has 1 fully saturated rings. The van der Waals surface area contributed by atoms with Crippen LogP contribution < -0.4 is 4.74 Å². The molecule has 0 unspecified atom stereocenters. The van der Waals surface area contributed by atoms with E-state index in [0.717, 1.165) is 6.42 Å². The first-order chi connectivity index (χ1) is 15.3. The summed E-state index contributed by atoms with van der Waals surface area (Å²) < 4.78 is 10.6. The lowest BCUT2D eigenvalue weighted by atomic mass is 9.89. The molecular weight excluding hydrogens is 432 g/mol. The van der Waals surface area contributed by atoms with Crippen molar-refractivity contribution in [1.29, 1.82) is 0 Å². The van der Waals surface area contributed by atoms with Gasteiger partial charge in [0.2, 0.25) is 0 Å². The van der Waals surface area contributed by atoms with Gasteiger partial charge in [-0.25, -0.2) is 0 Å². The van der Waals surface area contributed by atoms with Gasteiger partial charge in [0.15, 0.2) is 0 Å². The van der Waals surface area contributed by atoms with Crippen LogP contribution in [0.15, 0.2) is 48.6 Å². The number of aliphatic hydroxyl groups is 3. The zero-order chi connectivity index (χ0) is 23.5. The van der Waals surface area contributed by atoms with Crippen LogP contribution in [-0.2, 0) is 9.53 Å². The van der Waals surface area contributed by atoms with Crippen LogP contribution >= 0.6 is 11.6 Å². The summed E-state index contributed by atoms with van der Waals surface area (Å²) in [6.45, 7) is 3.72. The number of hydrogen-bond donors (Lipinski definition) is 3. The van der Waals surface area contributed by atoms with Crippen molar-refractivity contribution in [3.8, 4) is 5.75 Å². The number of carbonyl (C=O) groups is 1. The minimum atomic E-state index is -0.847. The summed E-state index contributed by atoms with van der Waals surface area (Å²) in [5.74, 6) is -0.00598. The molecule has 0 bridgehead atoms. The van der Waals surface area contributed by atoms with Crippen LogP contribution in [0.5, 0.6) is 5.75 Å². The first-order valence-corrected chi connectivity index (χ1v) is 11.6. The molecule has 0 radical (unpaired) electrons. The van der Waals surface area contributed by atoms with Gasteiger partial charge in [0.1, 0.15) is 18.5 Å². The predicted molar refractivity (Wildman–Crippen MR) is 125 cm³/mol. The van der Waals surface area contributed by atoms with Crippen LogP contribution in [0.25, 0.3) is 0 Å². The van der Waals surface area contributed by atoms with Crippen molar-refractivity contribution in [3.63, 3.8) is 0 Å². The van der Waals surface area contributed by atoms with E-state index in [0.29, 0.717) is 36.5 Å². The Labute approximate surface area is 195 Å². The lowest BCUT2D eigenvalue weighted by molar-refractivity contribution is -0.147. The van der Waals surface area contributed by atoms with Crippen molar-refractivity contribution in [1.82, 2.24) is 0 Å². The van der Waals surface area contributed by atoms with Crippen molar-refractivity contribution in [2.24, 2.45) is 11.8 Å². The molecule has 5 atom stereocenters. The fourth-order valence-corrected chi connectivity index (χ4v) is 3.99. The minimum Gasteiger partial charge on any atom is -0.491 e. The van der Waals surface area contributed by atoms with E-state index in [9.17, 15) is 20.1 Å². The highest BCUT2D eigenvalue weighted by Crippen LogP contribution is 2.36. The average Bonchev–Trinajstić information content (AvgIpc) is 2.99. The van der Waals surface area contributed by atoms with E-state index in [1.807, 2.05) is 26.0 Å². The number of benzene rings is 1. The average molecular weight is 467 g/mol. The molecule has 3 N–H and O–H groups in total. The van der Waals surface area contributed by atoms with Gasteiger partial charge >= 0.3 is 5.97 Å². The van der Waals surface area contributed by atoms with Crippen LogP contribution in [-0.4, -0.2) is 52.3 Å². The van der Waals surface area contributed by atoms with Gasteiger partial charge in [0.25, 0.3) is 0 Å². The number of unbranched alkanes of at least 4 members (excludes halogenated alkanes) is 1. The van der Waals surface area contributed by atoms with Gasteiger partial charge in [-0.3, -0.25) is 4.79 Å². The minimum absolute atomic E-state index is 0.0615. The Hall–Kier alpha value is -1.86. The van der Waals surface area contributed by atoms with Gasteiger partial charge in [-0.15, -0.1) is 0 Å². The van der Waals surface area contributed by atoms with Gasteiger partial charge in [-0.1, -0.05) is 42.0 Å². The summed E-state index contributed by atoms with van der Waals surface area (Å²) in [6.07, 6.45) is 7.90. The highest BCUT2D eigenvalue weighted by Gasteiger charge is 2.39. The number of ether oxygens (including phenoxy) is 2. The highest BCUT2D eigenvalue weighted by atomic mass is 35.5. The zero-order valence-electron chi connectivity index (χ0n) is 18.8. The van der Waals surface area contributed by atoms with Gasteiger partial charge in [-0.05, 0) is 57.2 Å². The lowest BCUT2D eigenvalue weighted by Gasteiger charge is -2.19. The number of hydrogen-bond acceptors (Lipinski definition) is 6. The molecular formula is C25H35ClO6. The molecule has 1 saturated carbocycles. The maximum atomic E-state index is 11.5. The van der Waals surface area contributed by atoms with E-state index in [1.165, 1.54) is 0 Å². The molecule has 0 aliphatic heterocycles. The largest absolute Gasteiger partial charge is 0.491 e. The molecule has 1 aromatic rings. The normalized spacial score (nSPS) is 24.5. The number of esters is 1. The number of halogens is 1. The predicted octanol–water partition coefficient (Wildman–Crippen LogP) is 4.06. The van der Waals surface area contributed by atoms with E-state index >= 15 is 0 Å². The summed E-state index contributed by atoms with van der Waals surface area (Å²) >= 11 is 5.92. The van der Waals surface area contributed by atoms with E-state index in [1.54, 1.807) is 36.4 Å². The van der Waals surface area contributed by atoms with E-state index in [4.69, 9.17) is 21.1 Å². The van der Waals surface area contributed by atoms with Crippen LogP contribution in [0.3, 0.4) is 0 Å². The van der Waals surface area contributed by atoms with Gasteiger partial charge in [-0.2, -0.15) is 0 Å². The number of carbonyl (C=O) groups excluding carboxylic acids is 1. The summed E-state index contributed by atoms with van der Waals surface area (Å²) in [7, 11) is 0. The molecule has 7 heteroatoms. The van der Waals surface area contributed by atoms with E-state index in [-0.39, 0.29) is 30.5 Å². The van der Waals surface area contributed by atoms with Crippen molar-refractivity contribution in [3.05, 3.63) is 53.6 Å². The molecule has 0 saturated heterocycles. The summed E-state index contributed by atoms with van der Waals surface area (Å²) in [5, 5.41) is 31.5. The van der Waals surface area contributed by atoms with E-state index < -0.39 is 18.3 Å². The summed E-state index contributed by atoms with van der Waals surface area (Å²) in [4.78, 5) is 11.5. The monoisotopic (exact) mass is 466 g/mol. The Balaban J connectivity index is 1.78. The fourth-order valence-electron chi connectivity index (χ4n) is 3.81. The first kappa shape index (κ1) is 26.4. The second-order valence-electron chi connectivity index (χ2n) is 8.47. The molecule has 0 heterocycles. The molecule has 178 valence electrons. The Morgan fingerprint density at radius 1 is 1.25 bits per heavy atom. The summed E-state index contributed by atoms with van der Waals surface area (Å²) in [5.41, 5.74) is 0. The topological polar surface area (TPSA) is 96.2 Å². The molecule has 1 aliphatic rings. The van der Waals surface area contributed by atoms with Crippen molar-refractivity contribution in [2.75, 3.05) is 6.61 Å². The molecule has 2 rings (SSSR count). The summed E-state index contributed by atoms with van der Waals surface area (Å²) in [6, 6.07) is 6.94. The van der Waals surface area contributed by atoms with Gasteiger partial charge < -0.3 is 24.8 Å². The molecule has 1 aliphatic carbocycles. The molecule has 6 nitrogen and oxygen atoms in total.